The van der Waals surface area contributed by atoms with E-state index in [4.69, 9.17) is 18.6 Å². The molecule has 0 aliphatic carbocycles. The number of piperidine rings is 1. The zero-order valence-electron chi connectivity index (χ0n) is 19.6. The Labute approximate surface area is 197 Å². The lowest BCUT2D eigenvalue weighted by Gasteiger charge is -2.31. The molecular formula is C26H29NO7. The third-order valence-corrected chi connectivity index (χ3v) is 6.30. The van der Waals surface area contributed by atoms with Gasteiger partial charge in [0, 0.05) is 6.54 Å². The molecule has 1 aromatic heterocycles. The molecular weight excluding hydrogens is 438 g/mol. The summed E-state index contributed by atoms with van der Waals surface area (Å²) in [5.74, 6) is 0.901. The van der Waals surface area contributed by atoms with Gasteiger partial charge in [0.1, 0.15) is 17.6 Å². The van der Waals surface area contributed by atoms with Gasteiger partial charge in [-0.2, -0.15) is 0 Å². The number of ether oxygens (including phenoxy) is 3. The minimum absolute atomic E-state index is 0.0713. The highest BCUT2D eigenvalue weighted by Crippen LogP contribution is 2.34. The van der Waals surface area contributed by atoms with Crippen LogP contribution >= 0.6 is 0 Å². The van der Waals surface area contributed by atoms with E-state index in [1.54, 1.807) is 38.3 Å². The summed E-state index contributed by atoms with van der Waals surface area (Å²) in [4.78, 5) is 27.5. The summed E-state index contributed by atoms with van der Waals surface area (Å²) in [6.45, 7) is 3.98. The van der Waals surface area contributed by atoms with E-state index < -0.39 is 0 Å². The molecule has 3 aromatic rings. The number of carbonyl (C=O) groups is 1. The van der Waals surface area contributed by atoms with E-state index in [-0.39, 0.29) is 23.1 Å². The van der Waals surface area contributed by atoms with Gasteiger partial charge >= 0.3 is 5.97 Å². The Morgan fingerprint density at radius 3 is 2.53 bits per heavy atom. The van der Waals surface area contributed by atoms with Gasteiger partial charge in [-0.15, -0.1) is 0 Å². The molecule has 34 heavy (non-hydrogen) atoms. The maximum atomic E-state index is 13.3. The van der Waals surface area contributed by atoms with Crippen molar-refractivity contribution in [3.05, 3.63) is 52.4 Å². The number of phenols is 1. The van der Waals surface area contributed by atoms with Gasteiger partial charge in [-0.05, 0) is 62.7 Å². The molecule has 8 heteroatoms. The number of methoxy groups -OCH3 is 2. The first-order valence-corrected chi connectivity index (χ1v) is 11.3. The largest absolute Gasteiger partial charge is 0.507 e. The average molecular weight is 468 g/mol. The van der Waals surface area contributed by atoms with Crippen LogP contribution in [0.2, 0.25) is 0 Å². The molecule has 0 bridgehead atoms. The number of fused-ring (bicyclic) bond motifs is 1. The van der Waals surface area contributed by atoms with Crippen LogP contribution in [0, 0.1) is 5.92 Å². The quantitative estimate of drug-likeness (QED) is 0.522. The average Bonchev–Trinajstić information content (AvgIpc) is 2.86. The summed E-state index contributed by atoms with van der Waals surface area (Å²) in [7, 11) is 3.09. The second-order valence-corrected chi connectivity index (χ2v) is 8.29. The van der Waals surface area contributed by atoms with Crippen molar-refractivity contribution in [2.75, 3.05) is 33.9 Å². The molecule has 0 amide bonds. The molecule has 1 fully saturated rings. The number of hydrogen-bond donors (Lipinski definition) is 1. The summed E-state index contributed by atoms with van der Waals surface area (Å²) >= 11 is 0. The Balaban J connectivity index is 1.62. The first kappa shape index (κ1) is 23.6. The molecule has 1 aliphatic heterocycles. The lowest BCUT2D eigenvalue weighted by molar-refractivity contribution is -0.149. The van der Waals surface area contributed by atoms with Crippen molar-refractivity contribution in [1.29, 1.82) is 0 Å². The number of nitrogens with zero attached hydrogens (tertiary/aromatic N) is 1. The molecule has 1 N–H and O–H groups in total. The molecule has 4 rings (SSSR count). The highest BCUT2D eigenvalue weighted by atomic mass is 16.5. The summed E-state index contributed by atoms with van der Waals surface area (Å²) in [6, 6.07) is 8.34. The third-order valence-electron chi connectivity index (χ3n) is 6.30. The van der Waals surface area contributed by atoms with Crippen molar-refractivity contribution < 1.29 is 28.5 Å². The van der Waals surface area contributed by atoms with Gasteiger partial charge in [0.2, 0.25) is 5.43 Å². The molecule has 2 heterocycles. The number of hydrogen-bond acceptors (Lipinski definition) is 8. The topological polar surface area (TPSA) is 98.4 Å². The second-order valence-electron chi connectivity index (χ2n) is 8.29. The van der Waals surface area contributed by atoms with Crippen LogP contribution in [-0.2, 0) is 16.1 Å². The summed E-state index contributed by atoms with van der Waals surface area (Å²) in [6.07, 6.45) is 2.80. The van der Waals surface area contributed by atoms with Crippen LogP contribution in [0.25, 0.3) is 22.1 Å². The lowest BCUT2D eigenvalue weighted by atomic mass is 9.96. The van der Waals surface area contributed by atoms with E-state index in [9.17, 15) is 14.7 Å². The molecule has 1 aliphatic rings. The van der Waals surface area contributed by atoms with Gasteiger partial charge in [0.15, 0.2) is 11.5 Å². The van der Waals surface area contributed by atoms with Crippen LogP contribution in [0.5, 0.6) is 17.2 Å². The second kappa shape index (κ2) is 10.2. The van der Waals surface area contributed by atoms with E-state index in [1.165, 1.54) is 19.4 Å². The van der Waals surface area contributed by atoms with Crippen LogP contribution in [0.4, 0.5) is 0 Å². The SMILES string of the molecule is CCOC(=O)C1CCN(Cc2c(O)ccc3c(=O)c(-c4ccc(OC)c(OC)c4)coc23)CC1. The third kappa shape index (κ3) is 4.59. The molecule has 0 saturated carbocycles. The Hall–Kier alpha value is -3.52. The van der Waals surface area contributed by atoms with E-state index in [0.717, 1.165) is 0 Å². The molecule has 0 atom stereocenters. The van der Waals surface area contributed by atoms with E-state index in [2.05, 4.69) is 4.90 Å². The van der Waals surface area contributed by atoms with Crippen molar-refractivity contribution in [2.24, 2.45) is 5.92 Å². The maximum Gasteiger partial charge on any atom is 0.309 e. The molecule has 8 nitrogen and oxygen atoms in total. The van der Waals surface area contributed by atoms with Gasteiger partial charge in [-0.1, -0.05) is 6.07 Å². The van der Waals surface area contributed by atoms with Crippen molar-refractivity contribution in [2.45, 2.75) is 26.3 Å². The fourth-order valence-electron chi connectivity index (χ4n) is 4.41. The highest BCUT2D eigenvalue weighted by molar-refractivity contribution is 5.86. The maximum absolute atomic E-state index is 13.3. The Morgan fingerprint density at radius 1 is 1.12 bits per heavy atom. The monoisotopic (exact) mass is 467 g/mol. The van der Waals surface area contributed by atoms with Crippen molar-refractivity contribution in [3.8, 4) is 28.4 Å². The normalized spacial score (nSPS) is 14.8. The van der Waals surface area contributed by atoms with Gasteiger partial charge in [0.25, 0.3) is 0 Å². The molecule has 0 unspecified atom stereocenters. The fraction of sp³-hybridized carbons (Fsp3) is 0.385. The van der Waals surface area contributed by atoms with Gasteiger partial charge in [0.05, 0.1) is 43.3 Å². The molecule has 0 radical (unpaired) electrons. The van der Waals surface area contributed by atoms with Gasteiger partial charge in [-0.3, -0.25) is 14.5 Å². The summed E-state index contributed by atoms with van der Waals surface area (Å²) in [5, 5.41) is 10.9. The van der Waals surface area contributed by atoms with E-state index in [0.29, 0.717) is 78.2 Å². The van der Waals surface area contributed by atoms with Gasteiger partial charge in [-0.25, -0.2) is 0 Å². The number of likely N-dealkylation sites (tertiary alicyclic amines) is 1. The molecule has 180 valence electrons. The van der Waals surface area contributed by atoms with Crippen LogP contribution in [-0.4, -0.2) is 49.9 Å². The number of carbonyl (C=O) groups excluding carboxylic acids is 1. The first-order chi connectivity index (χ1) is 16.5. The first-order valence-electron chi connectivity index (χ1n) is 11.3. The van der Waals surface area contributed by atoms with E-state index in [1.807, 2.05) is 0 Å². The summed E-state index contributed by atoms with van der Waals surface area (Å²) < 4.78 is 21.7. The number of rotatable bonds is 7. The standard InChI is InChI=1S/C26H29NO7/c1-4-33-26(30)16-9-11-27(12-10-16)14-19-21(28)7-6-18-24(29)20(15-34-25(18)19)17-5-8-22(31-2)23(13-17)32-3/h5-8,13,15-16,28H,4,9-12,14H2,1-3H3. The van der Waals surface area contributed by atoms with Crippen molar-refractivity contribution >= 4 is 16.9 Å². The van der Waals surface area contributed by atoms with Crippen LogP contribution in [0.1, 0.15) is 25.3 Å². The minimum Gasteiger partial charge on any atom is -0.507 e. The number of phenolic OH excluding ortho intramolecular Hbond substituents is 1. The molecule has 1 saturated heterocycles. The minimum atomic E-state index is -0.198. The number of esters is 1. The zero-order valence-corrected chi connectivity index (χ0v) is 19.6. The smallest absolute Gasteiger partial charge is 0.309 e. The fourth-order valence-corrected chi connectivity index (χ4v) is 4.41. The predicted octanol–water partition coefficient (Wildman–Crippen LogP) is 3.96. The molecule has 2 aromatic carbocycles. The number of benzene rings is 2. The predicted molar refractivity (Wildman–Crippen MR) is 127 cm³/mol. The Morgan fingerprint density at radius 2 is 1.85 bits per heavy atom. The Kier molecular flexibility index (Phi) is 7.07. The van der Waals surface area contributed by atoms with Crippen LogP contribution in [0.3, 0.4) is 0 Å². The Bertz CT molecular complexity index is 1240. The van der Waals surface area contributed by atoms with E-state index >= 15 is 0 Å². The van der Waals surface area contributed by atoms with Crippen molar-refractivity contribution in [3.63, 3.8) is 0 Å². The lowest BCUT2D eigenvalue weighted by Crippen LogP contribution is -2.36. The van der Waals surface area contributed by atoms with Gasteiger partial charge < -0.3 is 23.7 Å². The zero-order chi connectivity index (χ0) is 24.2. The summed E-state index contributed by atoms with van der Waals surface area (Å²) in [5.41, 5.74) is 1.75. The highest BCUT2D eigenvalue weighted by Gasteiger charge is 2.27. The van der Waals surface area contributed by atoms with Crippen LogP contribution in [0.15, 0.2) is 45.8 Å². The number of aromatic hydroxyl groups is 1. The molecule has 0 spiro atoms. The van der Waals surface area contributed by atoms with Crippen molar-refractivity contribution in [1.82, 2.24) is 4.90 Å². The van der Waals surface area contributed by atoms with Crippen LogP contribution < -0.4 is 14.9 Å².